The lowest BCUT2D eigenvalue weighted by atomic mass is 10.2. The molecule has 0 saturated heterocycles. The lowest BCUT2D eigenvalue weighted by Crippen LogP contribution is -1.93. The zero-order chi connectivity index (χ0) is 11.9. The zero-order valence-corrected chi connectivity index (χ0v) is 10.1. The van der Waals surface area contributed by atoms with E-state index >= 15 is 0 Å². The molecule has 0 aliphatic carbocycles. The second-order valence-electron chi connectivity index (χ2n) is 3.11. The van der Waals surface area contributed by atoms with E-state index in [1.165, 1.54) is 6.42 Å². The van der Waals surface area contributed by atoms with Gasteiger partial charge in [-0.1, -0.05) is 37.2 Å². The molecule has 2 nitrogen and oxygen atoms in total. The minimum absolute atomic E-state index is 0.417. The van der Waals surface area contributed by atoms with Crippen LogP contribution in [0.3, 0.4) is 0 Å². The summed E-state index contributed by atoms with van der Waals surface area (Å²) in [6, 6.07) is 0. The van der Waals surface area contributed by atoms with Crippen molar-refractivity contribution in [2.45, 2.75) is 26.2 Å². The molecule has 0 aromatic rings. The van der Waals surface area contributed by atoms with E-state index in [9.17, 15) is 0 Å². The Bertz CT molecular complexity index is 273. The molecule has 0 aromatic heterocycles. The number of hydrogen-bond donors (Lipinski definition) is 0. The van der Waals surface area contributed by atoms with Crippen molar-refractivity contribution in [3.63, 3.8) is 0 Å². The van der Waals surface area contributed by atoms with Crippen molar-refractivity contribution in [2.24, 2.45) is 0 Å². The Morgan fingerprint density at radius 1 is 1.00 bits per heavy atom. The van der Waals surface area contributed by atoms with E-state index in [4.69, 9.17) is 9.47 Å². The summed E-state index contributed by atoms with van der Waals surface area (Å²) in [5.74, 6) is 11.7. The first-order chi connectivity index (χ1) is 7.91. The highest BCUT2D eigenvalue weighted by Crippen LogP contribution is 1.89. The molecule has 0 fully saturated rings. The van der Waals surface area contributed by atoms with Gasteiger partial charge >= 0.3 is 0 Å². The molecule has 0 unspecified atom stereocenters. The van der Waals surface area contributed by atoms with Crippen LogP contribution in [-0.4, -0.2) is 26.4 Å². The largest absolute Gasteiger partial charge is 0.365 e. The Morgan fingerprint density at radius 3 is 2.25 bits per heavy atom. The molecule has 0 atom stereocenters. The number of rotatable bonds is 7. The molecule has 0 N–H and O–H groups in total. The van der Waals surface area contributed by atoms with Crippen molar-refractivity contribution in [1.29, 1.82) is 0 Å². The van der Waals surface area contributed by atoms with Crippen molar-refractivity contribution in [3.05, 3.63) is 12.7 Å². The Hall–Kier alpha value is -1.22. The molecule has 0 radical (unpaired) electrons. The Kier molecular flexibility index (Phi) is 12.7. The molecule has 0 spiro atoms. The fraction of sp³-hybridized carbons (Fsp3) is 0.571. The third kappa shape index (κ3) is 12.8. The van der Waals surface area contributed by atoms with Gasteiger partial charge in [-0.25, -0.2) is 0 Å². The maximum Gasteiger partial charge on any atom is 0.109 e. The van der Waals surface area contributed by atoms with Crippen LogP contribution in [0.4, 0.5) is 0 Å². The third-order valence-corrected chi connectivity index (χ3v) is 1.66. The molecule has 0 rings (SSSR count). The second-order valence-corrected chi connectivity index (χ2v) is 3.11. The highest BCUT2D eigenvalue weighted by molar-refractivity contribution is 5.01. The summed E-state index contributed by atoms with van der Waals surface area (Å²) in [6.45, 7) is 7.54. The molecule has 0 amide bonds. The lowest BCUT2D eigenvalue weighted by Gasteiger charge is -1.92. The van der Waals surface area contributed by atoms with E-state index in [0.29, 0.717) is 26.4 Å². The second kappa shape index (κ2) is 13.8. The summed E-state index contributed by atoms with van der Waals surface area (Å²) in [6.07, 6.45) is 5.00. The topological polar surface area (TPSA) is 18.5 Å². The van der Waals surface area contributed by atoms with Crippen molar-refractivity contribution in [2.75, 3.05) is 26.4 Å². The first kappa shape index (κ1) is 14.8. The van der Waals surface area contributed by atoms with E-state index < -0.39 is 0 Å². The average Bonchev–Trinajstić information content (AvgIpc) is 2.31. The van der Waals surface area contributed by atoms with E-state index in [1.807, 2.05) is 0 Å². The van der Waals surface area contributed by atoms with Crippen LogP contribution in [0.15, 0.2) is 12.7 Å². The minimum atomic E-state index is 0.417. The minimum Gasteiger partial charge on any atom is -0.365 e. The maximum atomic E-state index is 5.20. The van der Waals surface area contributed by atoms with Gasteiger partial charge in [-0.2, -0.15) is 0 Å². The van der Waals surface area contributed by atoms with Gasteiger partial charge in [-0.15, -0.1) is 12.5 Å². The molecular weight excluding hydrogens is 200 g/mol. The first-order valence-corrected chi connectivity index (χ1v) is 5.59. The molecule has 16 heavy (non-hydrogen) atoms. The zero-order valence-electron chi connectivity index (χ0n) is 10.1. The van der Waals surface area contributed by atoms with Gasteiger partial charge < -0.3 is 9.47 Å². The average molecular weight is 220 g/mol. The van der Waals surface area contributed by atoms with E-state index in [0.717, 1.165) is 12.8 Å². The van der Waals surface area contributed by atoms with Gasteiger partial charge in [-0.3, -0.25) is 0 Å². The van der Waals surface area contributed by atoms with Gasteiger partial charge in [0.15, 0.2) is 0 Å². The summed E-state index contributed by atoms with van der Waals surface area (Å²) in [5, 5.41) is 0. The molecular formula is C14H20O2. The van der Waals surface area contributed by atoms with Crippen molar-refractivity contribution in [3.8, 4) is 23.7 Å². The number of unbranched alkanes of at least 4 members (excludes halogenated alkanes) is 2. The summed E-state index contributed by atoms with van der Waals surface area (Å²) < 4.78 is 10.3. The predicted molar refractivity (Wildman–Crippen MR) is 66.9 cm³/mol. The van der Waals surface area contributed by atoms with Gasteiger partial charge in [0.25, 0.3) is 0 Å². The molecule has 0 aliphatic rings. The molecule has 0 heterocycles. The van der Waals surface area contributed by atoms with Crippen LogP contribution in [-0.2, 0) is 9.47 Å². The smallest absolute Gasteiger partial charge is 0.109 e. The summed E-state index contributed by atoms with van der Waals surface area (Å²) in [4.78, 5) is 0. The predicted octanol–water partition coefficient (Wildman–Crippen LogP) is 2.40. The van der Waals surface area contributed by atoms with Crippen LogP contribution in [0.1, 0.15) is 26.2 Å². The van der Waals surface area contributed by atoms with Crippen LogP contribution >= 0.6 is 0 Å². The van der Waals surface area contributed by atoms with Gasteiger partial charge in [0.1, 0.15) is 19.8 Å². The van der Waals surface area contributed by atoms with Crippen molar-refractivity contribution < 1.29 is 9.47 Å². The third-order valence-electron chi connectivity index (χ3n) is 1.66. The Morgan fingerprint density at radius 2 is 1.62 bits per heavy atom. The number of ether oxygens (including phenoxy) is 2. The maximum absolute atomic E-state index is 5.20. The van der Waals surface area contributed by atoms with Crippen LogP contribution in [0.2, 0.25) is 0 Å². The van der Waals surface area contributed by atoms with Gasteiger partial charge in [0.05, 0.1) is 6.61 Å². The molecule has 0 bridgehead atoms. The van der Waals surface area contributed by atoms with Crippen LogP contribution in [0, 0.1) is 23.7 Å². The molecule has 0 saturated carbocycles. The standard InChI is InChI=1S/C14H20O2/c1-3-5-6-7-8-12-16-14-10-9-13-15-11-4-2/h4H,2-3,5-6,11-14H2,1H3. The molecule has 0 aliphatic heterocycles. The van der Waals surface area contributed by atoms with Crippen LogP contribution in [0.5, 0.6) is 0 Å². The summed E-state index contributed by atoms with van der Waals surface area (Å²) >= 11 is 0. The quantitative estimate of drug-likeness (QED) is 0.372. The van der Waals surface area contributed by atoms with Gasteiger partial charge in [-0.05, 0) is 6.42 Å². The number of hydrogen-bond acceptors (Lipinski definition) is 2. The normalized spacial score (nSPS) is 8.56. The molecule has 2 heteroatoms. The van der Waals surface area contributed by atoms with Gasteiger partial charge in [0.2, 0.25) is 0 Å². The first-order valence-electron chi connectivity index (χ1n) is 5.59. The Balaban J connectivity index is 3.24. The molecule has 0 aromatic carbocycles. The molecule has 88 valence electrons. The SMILES string of the molecule is C=CCOCC#CCOCC#CCCCC. The summed E-state index contributed by atoms with van der Waals surface area (Å²) in [5.41, 5.74) is 0. The van der Waals surface area contributed by atoms with Gasteiger partial charge in [0, 0.05) is 6.42 Å². The van der Waals surface area contributed by atoms with Crippen molar-refractivity contribution in [1.82, 2.24) is 0 Å². The summed E-state index contributed by atoms with van der Waals surface area (Å²) in [7, 11) is 0. The Labute approximate surface area is 99.0 Å². The van der Waals surface area contributed by atoms with Crippen LogP contribution < -0.4 is 0 Å². The lowest BCUT2D eigenvalue weighted by molar-refractivity contribution is 0.195. The van der Waals surface area contributed by atoms with E-state index in [2.05, 4.69) is 37.2 Å². The fourth-order valence-corrected chi connectivity index (χ4v) is 0.853. The van der Waals surface area contributed by atoms with Crippen molar-refractivity contribution >= 4 is 0 Å². The highest BCUT2D eigenvalue weighted by atomic mass is 16.5. The van der Waals surface area contributed by atoms with E-state index in [1.54, 1.807) is 6.08 Å². The monoisotopic (exact) mass is 220 g/mol. The van der Waals surface area contributed by atoms with Crippen LogP contribution in [0.25, 0.3) is 0 Å². The van der Waals surface area contributed by atoms with E-state index in [-0.39, 0.29) is 0 Å². The highest BCUT2D eigenvalue weighted by Gasteiger charge is 1.79. The fourth-order valence-electron chi connectivity index (χ4n) is 0.853.